The molecule has 20 heavy (non-hydrogen) atoms. The lowest BCUT2D eigenvalue weighted by Gasteiger charge is -2.10. The standard InChI is InChI=1S/C13H9F5N2/c14-8-9(15)11(17)13(12(18)10(8)16)20-6-4-7-3-1-2-5-19-7/h1-3,5,20H,4,6H2. The van der Waals surface area contributed by atoms with Gasteiger partial charge in [-0.25, -0.2) is 22.0 Å². The highest BCUT2D eigenvalue weighted by Crippen LogP contribution is 2.26. The van der Waals surface area contributed by atoms with E-state index in [0.29, 0.717) is 5.69 Å². The predicted octanol–water partition coefficient (Wildman–Crippen LogP) is 3.43. The van der Waals surface area contributed by atoms with Gasteiger partial charge in [0.15, 0.2) is 23.3 Å². The van der Waals surface area contributed by atoms with Gasteiger partial charge in [0.25, 0.3) is 0 Å². The second kappa shape index (κ2) is 5.85. The first-order valence-electron chi connectivity index (χ1n) is 5.67. The number of hydrogen-bond acceptors (Lipinski definition) is 2. The van der Waals surface area contributed by atoms with Crippen molar-refractivity contribution in [2.45, 2.75) is 6.42 Å². The summed E-state index contributed by atoms with van der Waals surface area (Å²) in [5.41, 5.74) is -0.402. The van der Waals surface area contributed by atoms with Crippen LogP contribution in [0.3, 0.4) is 0 Å². The molecule has 0 spiro atoms. The number of nitrogens with one attached hydrogen (secondary N) is 1. The molecule has 1 N–H and O–H groups in total. The average Bonchev–Trinajstić information content (AvgIpc) is 2.48. The summed E-state index contributed by atoms with van der Waals surface area (Å²) in [6.45, 7) is -0.0185. The molecule has 0 unspecified atom stereocenters. The molecular formula is C13H9F5N2. The molecule has 0 saturated heterocycles. The van der Waals surface area contributed by atoms with Crippen molar-refractivity contribution in [2.75, 3.05) is 11.9 Å². The van der Waals surface area contributed by atoms with E-state index in [4.69, 9.17) is 0 Å². The average molecular weight is 288 g/mol. The molecule has 2 nitrogen and oxygen atoms in total. The highest BCUT2D eigenvalue weighted by Gasteiger charge is 2.25. The molecule has 0 aliphatic carbocycles. The van der Waals surface area contributed by atoms with Crippen molar-refractivity contribution < 1.29 is 22.0 Å². The van der Waals surface area contributed by atoms with E-state index in [-0.39, 0.29) is 13.0 Å². The van der Waals surface area contributed by atoms with E-state index >= 15 is 0 Å². The first-order chi connectivity index (χ1) is 9.52. The Morgan fingerprint density at radius 2 is 1.45 bits per heavy atom. The smallest absolute Gasteiger partial charge is 0.200 e. The van der Waals surface area contributed by atoms with Gasteiger partial charge in [-0.1, -0.05) is 6.07 Å². The molecule has 0 aliphatic heterocycles. The summed E-state index contributed by atoms with van der Waals surface area (Å²) >= 11 is 0. The summed E-state index contributed by atoms with van der Waals surface area (Å²) in [5.74, 6) is -9.85. The Morgan fingerprint density at radius 1 is 0.850 bits per heavy atom. The van der Waals surface area contributed by atoms with Crippen LogP contribution in [-0.4, -0.2) is 11.5 Å². The number of rotatable bonds is 4. The molecule has 1 heterocycles. The van der Waals surface area contributed by atoms with Gasteiger partial charge in [0.1, 0.15) is 5.69 Å². The summed E-state index contributed by atoms with van der Waals surface area (Å²) in [6.07, 6.45) is 1.81. The second-order valence-electron chi connectivity index (χ2n) is 3.94. The molecule has 1 aromatic carbocycles. The van der Waals surface area contributed by atoms with Crippen LogP contribution in [0.25, 0.3) is 0 Å². The normalized spacial score (nSPS) is 10.7. The lowest BCUT2D eigenvalue weighted by Crippen LogP contribution is -2.12. The molecule has 2 aromatic rings. The maximum atomic E-state index is 13.3. The zero-order valence-electron chi connectivity index (χ0n) is 10.1. The topological polar surface area (TPSA) is 24.9 Å². The van der Waals surface area contributed by atoms with Crippen LogP contribution >= 0.6 is 0 Å². The van der Waals surface area contributed by atoms with Gasteiger partial charge >= 0.3 is 0 Å². The van der Waals surface area contributed by atoms with E-state index in [0.717, 1.165) is 0 Å². The first kappa shape index (κ1) is 14.2. The molecule has 0 aliphatic rings. The van der Waals surface area contributed by atoms with E-state index in [1.807, 2.05) is 0 Å². The van der Waals surface area contributed by atoms with Crippen molar-refractivity contribution in [1.29, 1.82) is 0 Å². The summed E-state index contributed by atoms with van der Waals surface area (Å²) in [4.78, 5) is 3.97. The molecule has 0 radical (unpaired) electrons. The van der Waals surface area contributed by atoms with Crippen LogP contribution in [0.2, 0.25) is 0 Å². The van der Waals surface area contributed by atoms with Crippen LogP contribution in [-0.2, 0) is 6.42 Å². The molecule has 0 saturated carbocycles. The number of anilines is 1. The molecule has 2 rings (SSSR count). The Kier molecular flexibility index (Phi) is 4.16. The van der Waals surface area contributed by atoms with E-state index in [1.165, 1.54) is 6.20 Å². The lowest BCUT2D eigenvalue weighted by atomic mass is 10.2. The number of benzene rings is 1. The van der Waals surface area contributed by atoms with Crippen LogP contribution in [0, 0.1) is 29.1 Å². The number of pyridine rings is 1. The minimum atomic E-state index is -2.17. The fourth-order valence-corrected chi connectivity index (χ4v) is 1.62. The fourth-order valence-electron chi connectivity index (χ4n) is 1.62. The summed E-state index contributed by atoms with van der Waals surface area (Å²) in [7, 11) is 0. The largest absolute Gasteiger partial charge is 0.380 e. The van der Waals surface area contributed by atoms with Gasteiger partial charge < -0.3 is 5.32 Å². The van der Waals surface area contributed by atoms with Crippen LogP contribution in [0.5, 0.6) is 0 Å². The van der Waals surface area contributed by atoms with Crippen molar-refractivity contribution in [1.82, 2.24) is 4.98 Å². The van der Waals surface area contributed by atoms with Gasteiger partial charge in [-0.3, -0.25) is 4.98 Å². The van der Waals surface area contributed by atoms with Crippen molar-refractivity contribution in [3.05, 3.63) is 59.2 Å². The van der Waals surface area contributed by atoms with Gasteiger partial charge in [0.2, 0.25) is 5.82 Å². The third kappa shape index (κ3) is 2.71. The third-order valence-corrected chi connectivity index (χ3v) is 2.62. The fraction of sp³-hybridized carbons (Fsp3) is 0.154. The van der Waals surface area contributed by atoms with Crippen molar-refractivity contribution in [3.8, 4) is 0 Å². The first-order valence-corrected chi connectivity index (χ1v) is 5.67. The number of hydrogen-bond donors (Lipinski definition) is 1. The van der Waals surface area contributed by atoms with Crippen molar-refractivity contribution in [3.63, 3.8) is 0 Å². The van der Waals surface area contributed by atoms with Crippen LogP contribution in [0.1, 0.15) is 5.69 Å². The summed E-state index contributed by atoms with van der Waals surface area (Å²) in [6, 6.07) is 5.10. The Bertz CT molecular complexity index is 587. The predicted molar refractivity (Wildman–Crippen MR) is 62.7 cm³/mol. The second-order valence-corrected chi connectivity index (χ2v) is 3.94. The van der Waals surface area contributed by atoms with Gasteiger partial charge in [-0.15, -0.1) is 0 Å². The molecule has 106 valence electrons. The minimum Gasteiger partial charge on any atom is -0.380 e. The molecule has 0 bridgehead atoms. The molecule has 0 amide bonds. The Balaban J connectivity index is 2.14. The lowest BCUT2D eigenvalue weighted by molar-refractivity contribution is 0.381. The van der Waals surface area contributed by atoms with Crippen LogP contribution < -0.4 is 5.32 Å². The summed E-state index contributed by atoms with van der Waals surface area (Å²) < 4.78 is 65.4. The SMILES string of the molecule is Fc1c(F)c(F)c(NCCc2ccccn2)c(F)c1F. The maximum Gasteiger partial charge on any atom is 0.200 e. The Labute approximate surface area is 111 Å². The Hall–Kier alpha value is -2.18. The number of aromatic nitrogens is 1. The number of nitrogens with zero attached hydrogens (tertiary/aromatic N) is 1. The van der Waals surface area contributed by atoms with Gasteiger partial charge in [0, 0.05) is 24.9 Å². The summed E-state index contributed by atoms with van der Waals surface area (Å²) in [5, 5.41) is 2.20. The Morgan fingerprint density at radius 3 is 2.00 bits per heavy atom. The third-order valence-electron chi connectivity index (χ3n) is 2.62. The number of halogens is 5. The molecule has 7 heteroatoms. The van der Waals surface area contributed by atoms with Crippen LogP contribution in [0.4, 0.5) is 27.6 Å². The molecular weight excluding hydrogens is 279 g/mol. The van der Waals surface area contributed by atoms with E-state index in [2.05, 4.69) is 10.3 Å². The molecule has 0 atom stereocenters. The highest BCUT2D eigenvalue weighted by molar-refractivity contribution is 5.47. The van der Waals surface area contributed by atoms with Crippen molar-refractivity contribution in [2.24, 2.45) is 0 Å². The quantitative estimate of drug-likeness (QED) is 0.529. The van der Waals surface area contributed by atoms with E-state index in [9.17, 15) is 22.0 Å². The van der Waals surface area contributed by atoms with E-state index in [1.54, 1.807) is 18.2 Å². The van der Waals surface area contributed by atoms with Crippen molar-refractivity contribution >= 4 is 5.69 Å². The monoisotopic (exact) mass is 288 g/mol. The molecule has 1 aromatic heterocycles. The van der Waals surface area contributed by atoms with Gasteiger partial charge in [-0.05, 0) is 12.1 Å². The van der Waals surface area contributed by atoms with Gasteiger partial charge in [-0.2, -0.15) is 0 Å². The van der Waals surface area contributed by atoms with E-state index < -0.39 is 34.8 Å². The highest BCUT2D eigenvalue weighted by atomic mass is 19.2. The van der Waals surface area contributed by atoms with Gasteiger partial charge in [0.05, 0.1) is 0 Å². The zero-order chi connectivity index (χ0) is 14.7. The molecule has 0 fully saturated rings. The van der Waals surface area contributed by atoms with Crippen LogP contribution in [0.15, 0.2) is 24.4 Å². The zero-order valence-corrected chi connectivity index (χ0v) is 10.1. The minimum absolute atomic E-state index is 0.0185. The maximum absolute atomic E-state index is 13.3.